The topological polar surface area (TPSA) is 22.1 Å². The van der Waals surface area contributed by atoms with Gasteiger partial charge in [0.2, 0.25) is 0 Å². The summed E-state index contributed by atoms with van der Waals surface area (Å²) in [6, 6.07) is 3.96. The van der Waals surface area contributed by atoms with Crippen LogP contribution in [-0.4, -0.2) is 12.1 Å². The molecule has 1 aromatic heterocycles. The third-order valence-corrected chi connectivity index (χ3v) is 1.83. The molecule has 0 fully saturated rings. The molecule has 0 atom stereocenters. The average Bonchev–Trinajstić information content (AvgIpc) is 2.01. The van der Waals surface area contributed by atoms with Gasteiger partial charge in [0.15, 0.2) is 0 Å². The standard InChI is InChI=1S/C11H17NO/c1-8(2)5-10-7-11(13-4)6-9(3)12-10/h6-8H,5H2,1-4H3. The van der Waals surface area contributed by atoms with Gasteiger partial charge in [-0.2, -0.15) is 0 Å². The maximum atomic E-state index is 5.18. The molecule has 0 radical (unpaired) electrons. The summed E-state index contributed by atoms with van der Waals surface area (Å²) in [5, 5.41) is 0. The van der Waals surface area contributed by atoms with Gasteiger partial charge in [-0.05, 0) is 19.3 Å². The van der Waals surface area contributed by atoms with Crippen molar-refractivity contribution in [2.75, 3.05) is 7.11 Å². The summed E-state index contributed by atoms with van der Waals surface area (Å²) >= 11 is 0. The maximum Gasteiger partial charge on any atom is 0.122 e. The fraction of sp³-hybridized carbons (Fsp3) is 0.545. The number of rotatable bonds is 3. The van der Waals surface area contributed by atoms with E-state index in [4.69, 9.17) is 4.74 Å². The molecule has 0 spiro atoms. The van der Waals surface area contributed by atoms with Crippen molar-refractivity contribution in [3.63, 3.8) is 0 Å². The lowest BCUT2D eigenvalue weighted by Gasteiger charge is -2.07. The van der Waals surface area contributed by atoms with Gasteiger partial charge < -0.3 is 4.74 Å². The fourth-order valence-corrected chi connectivity index (χ4v) is 1.34. The predicted octanol–water partition coefficient (Wildman–Crippen LogP) is 2.60. The molecule has 0 aliphatic heterocycles. The molecule has 0 aromatic carbocycles. The Morgan fingerprint density at radius 1 is 1.38 bits per heavy atom. The van der Waals surface area contributed by atoms with Gasteiger partial charge in [0.1, 0.15) is 5.75 Å². The minimum absolute atomic E-state index is 0.638. The minimum Gasteiger partial charge on any atom is -0.497 e. The average molecular weight is 179 g/mol. The second kappa shape index (κ2) is 4.26. The van der Waals surface area contributed by atoms with Crippen molar-refractivity contribution >= 4 is 0 Å². The maximum absolute atomic E-state index is 5.18. The third kappa shape index (κ3) is 3.05. The number of pyridine rings is 1. The van der Waals surface area contributed by atoms with E-state index in [2.05, 4.69) is 18.8 Å². The highest BCUT2D eigenvalue weighted by molar-refractivity contribution is 5.26. The number of nitrogens with zero attached hydrogens (tertiary/aromatic N) is 1. The number of methoxy groups -OCH3 is 1. The van der Waals surface area contributed by atoms with Crippen LogP contribution in [0.2, 0.25) is 0 Å². The van der Waals surface area contributed by atoms with Crippen molar-refractivity contribution in [1.29, 1.82) is 0 Å². The zero-order valence-corrected chi connectivity index (χ0v) is 8.79. The van der Waals surface area contributed by atoms with Gasteiger partial charge in [0.25, 0.3) is 0 Å². The minimum atomic E-state index is 0.638. The number of aromatic nitrogens is 1. The summed E-state index contributed by atoms with van der Waals surface area (Å²) in [6.07, 6.45) is 1.01. The second-order valence-electron chi connectivity index (χ2n) is 3.74. The summed E-state index contributed by atoms with van der Waals surface area (Å²) in [5.74, 6) is 1.54. The summed E-state index contributed by atoms with van der Waals surface area (Å²) in [6.45, 7) is 6.37. The molecule has 0 aliphatic rings. The number of hydrogen-bond acceptors (Lipinski definition) is 2. The molecule has 1 heterocycles. The van der Waals surface area contributed by atoms with E-state index in [1.54, 1.807) is 7.11 Å². The Balaban J connectivity index is 2.88. The van der Waals surface area contributed by atoms with E-state index in [-0.39, 0.29) is 0 Å². The van der Waals surface area contributed by atoms with Crippen LogP contribution >= 0.6 is 0 Å². The smallest absolute Gasteiger partial charge is 0.122 e. The molecule has 0 unspecified atom stereocenters. The fourth-order valence-electron chi connectivity index (χ4n) is 1.34. The second-order valence-corrected chi connectivity index (χ2v) is 3.74. The van der Waals surface area contributed by atoms with Gasteiger partial charge in [-0.1, -0.05) is 13.8 Å². The van der Waals surface area contributed by atoms with E-state index in [1.807, 2.05) is 19.1 Å². The zero-order valence-electron chi connectivity index (χ0n) is 8.79. The SMILES string of the molecule is COc1cc(C)nc(CC(C)C)c1. The molecule has 2 heteroatoms. The molecule has 0 bridgehead atoms. The number of ether oxygens (including phenoxy) is 1. The first-order valence-corrected chi connectivity index (χ1v) is 4.63. The highest BCUT2D eigenvalue weighted by Gasteiger charge is 2.02. The van der Waals surface area contributed by atoms with Crippen molar-refractivity contribution in [2.45, 2.75) is 27.2 Å². The Kier molecular flexibility index (Phi) is 3.29. The molecule has 13 heavy (non-hydrogen) atoms. The Morgan fingerprint density at radius 2 is 2.08 bits per heavy atom. The zero-order chi connectivity index (χ0) is 9.84. The van der Waals surface area contributed by atoms with Crippen molar-refractivity contribution in [3.05, 3.63) is 23.5 Å². The Hall–Kier alpha value is -1.05. The van der Waals surface area contributed by atoms with Crippen LogP contribution in [0.5, 0.6) is 5.75 Å². The molecule has 1 aromatic rings. The van der Waals surface area contributed by atoms with Crippen molar-refractivity contribution in [2.24, 2.45) is 5.92 Å². The summed E-state index contributed by atoms with van der Waals surface area (Å²) in [4.78, 5) is 4.44. The predicted molar refractivity (Wildman–Crippen MR) is 54.1 cm³/mol. The molecular weight excluding hydrogens is 162 g/mol. The van der Waals surface area contributed by atoms with Gasteiger partial charge in [-0.15, -0.1) is 0 Å². The first kappa shape index (κ1) is 10.0. The van der Waals surface area contributed by atoms with E-state index < -0.39 is 0 Å². The normalized spacial score (nSPS) is 10.5. The van der Waals surface area contributed by atoms with Crippen LogP contribution in [0, 0.1) is 12.8 Å². The molecule has 72 valence electrons. The number of hydrogen-bond donors (Lipinski definition) is 0. The monoisotopic (exact) mass is 179 g/mol. The van der Waals surface area contributed by atoms with Crippen LogP contribution in [0.1, 0.15) is 25.2 Å². The van der Waals surface area contributed by atoms with Gasteiger partial charge >= 0.3 is 0 Å². The molecule has 0 amide bonds. The molecule has 2 nitrogen and oxygen atoms in total. The van der Waals surface area contributed by atoms with Crippen LogP contribution in [0.15, 0.2) is 12.1 Å². The van der Waals surface area contributed by atoms with Crippen molar-refractivity contribution in [1.82, 2.24) is 4.98 Å². The molecule has 1 rings (SSSR count). The Bertz CT molecular complexity index is 281. The lowest BCUT2D eigenvalue weighted by atomic mass is 10.1. The third-order valence-electron chi connectivity index (χ3n) is 1.83. The largest absolute Gasteiger partial charge is 0.497 e. The van der Waals surface area contributed by atoms with E-state index in [0.29, 0.717) is 5.92 Å². The molecule has 0 saturated carbocycles. The highest BCUT2D eigenvalue weighted by atomic mass is 16.5. The molecular formula is C11H17NO. The van der Waals surface area contributed by atoms with E-state index >= 15 is 0 Å². The Morgan fingerprint density at radius 3 is 2.62 bits per heavy atom. The lowest BCUT2D eigenvalue weighted by Crippen LogP contribution is -1.99. The van der Waals surface area contributed by atoms with Crippen molar-refractivity contribution < 1.29 is 4.74 Å². The van der Waals surface area contributed by atoms with Gasteiger partial charge in [0, 0.05) is 23.5 Å². The molecule has 0 aliphatic carbocycles. The van der Waals surface area contributed by atoms with Crippen LogP contribution in [0.4, 0.5) is 0 Å². The quantitative estimate of drug-likeness (QED) is 0.711. The van der Waals surface area contributed by atoms with Gasteiger partial charge in [-0.25, -0.2) is 0 Å². The summed E-state index contributed by atoms with van der Waals surface area (Å²) < 4.78 is 5.18. The highest BCUT2D eigenvalue weighted by Crippen LogP contribution is 2.15. The first-order valence-electron chi connectivity index (χ1n) is 4.63. The summed E-state index contributed by atoms with van der Waals surface area (Å²) in [5.41, 5.74) is 2.14. The van der Waals surface area contributed by atoms with E-state index in [9.17, 15) is 0 Å². The van der Waals surface area contributed by atoms with Crippen LogP contribution in [-0.2, 0) is 6.42 Å². The number of aryl methyl sites for hydroxylation is 1. The molecule has 0 N–H and O–H groups in total. The van der Waals surface area contributed by atoms with Gasteiger partial charge in [0.05, 0.1) is 7.11 Å². The summed E-state index contributed by atoms with van der Waals surface area (Å²) in [7, 11) is 1.69. The Labute approximate surface area is 80.0 Å². The van der Waals surface area contributed by atoms with Crippen LogP contribution < -0.4 is 4.74 Å². The van der Waals surface area contributed by atoms with Crippen molar-refractivity contribution in [3.8, 4) is 5.75 Å². The molecule has 0 saturated heterocycles. The van der Waals surface area contributed by atoms with E-state index in [0.717, 1.165) is 23.6 Å². The van der Waals surface area contributed by atoms with Gasteiger partial charge in [-0.3, -0.25) is 4.98 Å². The van der Waals surface area contributed by atoms with Crippen LogP contribution in [0.3, 0.4) is 0 Å². The van der Waals surface area contributed by atoms with E-state index in [1.165, 1.54) is 0 Å². The van der Waals surface area contributed by atoms with Crippen LogP contribution in [0.25, 0.3) is 0 Å². The first-order chi connectivity index (χ1) is 6.11. The lowest BCUT2D eigenvalue weighted by molar-refractivity contribution is 0.412.